The van der Waals surface area contributed by atoms with Gasteiger partial charge in [-0.3, -0.25) is 0 Å². The number of aliphatic hydroxyl groups excluding tert-OH is 2. The van der Waals surface area contributed by atoms with Crippen molar-refractivity contribution in [3.63, 3.8) is 0 Å². The maximum atomic E-state index is 8.64. The summed E-state index contributed by atoms with van der Waals surface area (Å²) in [5.41, 5.74) is 4.13. The Morgan fingerprint density at radius 3 is 1.09 bits per heavy atom. The van der Waals surface area contributed by atoms with Crippen LogP contribution in [0.5, 0.6) is 0 Å². The van der Waals surface area contributed by atoms with E-state index >= 15 is 0 Å². The molecule has 0 aliphatic carbocycles. The summed E-state index contributed by atoms with van der Waals surface area (Å²) in [5.74, 6) is 0. The van der Waals surface area contributed by atoms with Crippen LogP contribution in [0.2, 0.25) is 0 Å². The fourth-order valence-electron chi connectivity index (χ4n) is 1.82. The lowest BCUT2D eigenvalue weighted by Crippen LogP contribution is -1.90. The van der Waals surface area contributed by atoms with Crippen LogP contribution in [-0.4, -0.2) is 24.4 Å². The summed E-state index contributed by atoms with van der Waals surface area (Å²) in [4.78, 5) is 0. The molecule has 0 aliphatic rings. The summed E-state index contributed by atoms with van der Waals surface area (Å²) in [6.45, 7) is 1.47. The Labute approximate surface area is 131 Å². The average Bonchev–Trinajstić information content (AvgIpc) is 2.58. The van der Waals surface area contributed by atoms with Crippen molar-refractivity contribution in [3.05, 3.63) is 70.8 Å². The summed E-state index contributed by atoms with van der Waals surface area (Å²) in [7, 11) is 3.39. The van der Waals surface area contributed by atoms with Crippen LogP contribution >= 0.6 is 0 Å². The van der Waals surface area contributed by atoms with Crippen molar-refractivity contribution in [2.75, 3.05) is 14.2 Å². The number of benzene rings is 2. The Morgan fingerprint density at radius 1 is 0.591 bits per heavy atom. The second-order valence-corrected chi connectivity index (χ2v) is 4.82. The van der Waals surface area contributed by atoms with Crippen molar-refractivity contribution in [3.8, 4) is 0 Å². The zero-order valence-electron chi connectivity index (χ0n) is 13.2. The fraction of sp³-hybridized carbons (Fsp3) is 0.333. The van der Waals surface area contributed by atoms with Gasteiger partial charge in [-0.15, -0.1) is 0 Å². The van der Waals surface area contributed by atoms with Crippen molar-refractivity contribution >= 4 is 0 Å². The Morgan fingerprint density at radius 2 is 0.864 bits per heavy atom. The Hall–Kier alpha value is -1.72. The van der Waals surface area contributed by atoms with Gasteiger partial charge in [-0.1, -0.05) is 48.5 Å². The molecule has 0 spiro atoms. The van der Waals surface area contributed by atoms with Gasteiger partial charge in [0.2, 0.25) is 0 Å². The molecule has 0 amide bonds. The summed E-state index contributed by atoms with van der Waals surface area (Å²) in [5, 5.41) is 17.3. The van der Waals surface area contributed by atoms with Crippen molar-refractivity contribution < 1.29 is 19.7 Å². The van der Waals surface area contributed by atoms with Crippen LogP contribution in [0.3, 0.4) is 0 Å². The molecular weight excluding hydrogens is 280 g/mol. The van der Waals surface area contributed by atoms with Crippen molar-refractivity contribution in [1.29, 1.82) is 0 Å². The second kappa shape index (κ2) is 10.9. The molecule has 0 fully saturated rings. The van der Waals surface area contributed by atoms with E-state index < -0.39 is 0 Å². The molecule has 2 rings (SSSR count). The Bertz CT molecular complexity index is 458. The molecule has 0 saturated carbocycles. The normalized spacial score (nSPS) is 10.0. The first-order valence-electron chi connectivity index (χ1n) is 7.08. The highest BCUT2D eigenvalue weighted by Crippen LogP contribution is 2.06. The molecule has 120 valence electrons. The zero-order valence-corrected chi connectivity index (χ0v) is 13.2. The summed E-state index contributed by atoms with van der Waals surface area (Å²) >= 11 is 0. The number of ether oxygens (including phenoxy) is 2. The van der Waals surface area contributed by atoms with Gasteiger partial charge in [-0.05, 0) is 22.3 Å². The van der Waals surface area contributed by atoms with Gasteiger partial charge in [-0.25, -0.2) is 0 Å². The average molecular weight is 304 g/mol. The highest BCUT2D eigenvalue weighted by atomic mass is 16.5. The van der Waals surface area contributed by atoms with Gasteiger partial charge in [0.1, 0.15) is 0 Å². The predicted octanol–water partition coefficient (Wildman–Crippen LogP) is 2.65. The fourth-order valence-corrected chi connectivity index (χ4v) is 1.82. The van der Waals surface area contributed by atoms with Crippen LogP contribution in [0.25, 0.3) is 0 Å². The molecule has 4 heteroatoms. The van der Waals surface area contributed by atoms with Crippen molar-refractivity contribution in [2.24, 2.45) is 0 Å². The van der Waals surface area contributed by atoms with Gasteiger partial charge < -0.3 is 19.7 Å². The van der Waals surface area contributed by atoms with E-state index in [-0.39, 0.29) is 13.2 Å². The van der Waals surface area contributed by atoms with Gasteiger partial charge >= 0.3 is 0 Å². The Balaban J connectivity index is 0.000000224. The van der Waals surface area contributed by atoms with E-state index in [1.807, 2.05) is 0 Å². The van der Waals surface area contributed by atoms with Crippen LogP contribution in [0.1, 0.15) is 22.3 Å². The highest BCUT2D eigenvalue weighted by Gasteiger charge is 1.93. The third-order valence-electron chi connectivity index (χ3n) is 3.03. The molecular formula is C18H24O4. The number of hydrogen-bond donors (Lipinski definition) is 2. The van der Waals surface area contributed by atoms with Gasteiger partial charge in [0.25, 0.3) is 0 Å². The smallest absolute Gasteiger partial charge is 0.0713 e. The van der Waals surface area contributed by atoms with E-state index in [1.54, 1.807) is 38.5 Å². The molecule has 0 heterocycles. The minimum Gasteiger partial charge on any atom is -0.392 e. The summed E-state index contributed by atoms with van der Waals surface area (Å²) < 4.78 is 9.99. The van der Waals surface area contributed by atoms with E-state index in [0.717, 1.165) is 11.1 Å². The first-order valence-corrected chi connectivity index (χ1v) is 7.08. The standard InChI is InChI=1S/C10H14O2.C8H10O2/c1-11-7-9-3-5-10(6-4-9)8-12-2;9-5-7-1-2-8(6-10)4-3-7/h3-6H,7-8H2,1-2H3;1-4,9-10H,5-6H2. The molecule has 0 aromatic heterocycles. The highest BCUT2D eigenvalue weighted by molar-refractivity contribution is 5.22. The third-order valence-corrected chi connectivity index (χ3v) is 3.03. The molecule has 0 radical (unpaired) electrons. The number of rotatable bonds is 6. The molecule has 0 unspecified atom stereocenters. The number of methoxy groups -OCH3 is 2. The van der Waals surface area contributed by atoms with Crippen molar-refractivity contribution in [2.45, 2.75) is 26.4 Å². The van der Waals surface area contributed by atoms with Gasteiger partial charge in [0.15, 0.2) is 0 Å². The van der Waals surface area contributed by atoms with E-state index in [9.17, 15) is 0 Å². The molecule has 0 aliphatic heterocycles. The van der Waals surface area contributed by atoms with Gasteiger partial charge in [0.05, 0.1) is 26.4 Å². The topological polar surface area (TPSA) is 58.9 Å². The summed E-state index contributed by atoms with van der Waals surface area (Å²) in [6, 6.07) is 15.4. The van der Waals surface area contributed by atoms with Crippen LogP contribution in [0.4, 0.5) is 0 Å². The van der Waals surface area contributed by atoms with Crippen LogP contribution in [0, 0.1) is 0 Å². The lowest BCUT2D eigenvalue weighted by atomic mass is 10.1. The van der Waals surface area contributed by atoms with Crippen LogP contribution < -0.4 is 0 Å². The lowest BCUT2D eigenvalue weighted by molar-refractivity contribution is 0.182. The molecule has 0 saturated heterocycles. The molecule has 2 aromatic carbocycles. The van der Waals surface area contributed by atoms with Crippen LogP contribution in [0.15, 0.2) is 48.5 Å². The second-order valence-electron chi connectivity index (χ2n) is 4.82. The molecule has 22 heavy (non-hydrogen) atoms. The third kappa shape index (κ3) is 6.83. The molecule has 4 nitrogen and oxygen atoms in total. The zero-order chi connectivity index (χ0) is 16.2. The summed E-state index contributed by atoms with van der Waals surface area (Å²) in [6.07, 6.45) is 0. The number of hydrogen-bond acceptors (Lipinski definition) is 4. The minimum atomic E-state index is 0.0612. The molecule has 2 N–H and O–H groups in total. The van der Waals surface area contributed by atoms with Gasteiger partial charge in [-0.2, -0.15) is 0 Å². The minimum absolute atomic E-state index is 0.0612. The van der Waals surface area contributed by atoms with E-state index in [2.05, 4.69) is 24.3 Å². The van der Waals surface area contributed by atoms with E-state index in [4.69, 9.17) is 19.7 Å². The first-order chi connectivity index (χ1) is 10.7. The number of aliphatic hydroxyl groups is 2. The van der Waals surface area contributed by atoms with E-state index in [1.165, 1.54) is 11.1 Å². The molecule has 0 atom stereocenters. The monoisotopic (exact) mass is 304 g/mol. The maximum Gasteiger partial charge on any atom is 0.0713 e. The molecule has 2 aromatic rings. The molecule has 0 bridgehead atoms. The lowest BCUT2D eigenvalue weighted by Gasteiger charge is -2.01. The largest absolute Gasteiger partial charge is 0.392 e. The van der Waals surface area contributed by atoms with E-state index in [0.29, 0.717) is 13.2 Å². The maximum absolute atomic E-state index is 8.64. The Kier molecular flexibility index (Phi) is 9.11. The van der Waals surface area contributed by atoms with Gasteiger partial charge in [0, 0.05) is 14.2 Å². The SMILES string of the molecule is COCc1ccc(COC)cc1.OCc1ccc(CO)cc1. The quantitative estimate of drug-likeness (QED) is 0.861. The van der Waals surface area contributed by atoms with Crippen LogP contribution in [-0.2, 0) is 35.9 Å². The van der Waals surface area contributed by atoms with Crippen molar-refractivity contribution in [1.82, 2.24) is 0 Å². The first kappa shape index (κ1) is 18.3. The predicted molar refractivity (Wildman–Crippen MR) is 86.2 cm³/mol.